The van der Waals surface area contributed by atoms with Crippen LogP contribution in [-0.2, 0) is 6.42 Å². The summed E-state index contributed by atoms with van der Waals surface area (Å²) in [7, 11) is 0. The molecule has 1 aromatic heterocycles. The average molecular weight is 298 g/mol. The highest BCUT2D eigenvalue weighted by Crippen LogP contribution is 2.15. The molecule has 0 atom stereocenters. The number of hydrogen-bond donors (Lipinski definition) is 3. The molecule has 0 aliphatic rings. The number of rotatable bonds is 4. The monoisotopic (exact) mass is 298 g/mol. The summed E-state index contributed by atoms with van der Waals surface area (Å²) in [6.45, 7) is 5.80. The van der Waals surface area contributed by atoms with E-state index in [4.69, 9.17) is 23.7 Å². The number of hydrogen-bond acceptors (Lipinski definition) is 4. The van der Waals surface area contributed by atoms with Crippen molar-refractivity contribution < 1.29 is 0 Å². The zero-order valence-corrected chi connectivity index (χ0v) is 12.9. The third kappa shape index (κ3) is 4.25. The number of nitrogens with zero attached hydrogens (tertiary/aromatic N) is 3. The normalized spacial score (nSPS) is 11.4. The molecule has 0 saturated heterocycles. The molecule has 19 heavy (non-hydrogen) atoms. The second-order valence-corrected chi connectivity index (χ2v) is 5.08. The largest absolute Gasteiger partial charge is 0.375 e. The van der Waals surface area contributed by atoms with E-state index in [1.54, 1.807) is 4.68 Å². The first-order chi connectivity index (χ1) is 8.82. The van der Waals surface area contributed by atoms with E-state index in [0.29, 0.717) is 0 Å². The molecule has 6 nitrogen and oxygen atoms in total. The van der Waals surface area contributed by atoms with Crippen molar-refractivity contribution in [2.45, 2.75) is 33.6 Å². The standard InChI is InChI=1S/C11H18N6S2/c1-6(14-15-10(12)18)4-5-9-7(2)16-17(8(9)3)11(13)19/h4-5H2,1-3H3,(H2,13,19)(H3,12,15,18). The lowest BCUT2D eigenvalue weighted by Crippen LogP contribution is -2.25. The van der Waals surface area contributed by atoms with E-state index in [1.165, 1.54) is 0 Å². The van der Waals surface area contributed by atoms with Crippen LogP contribution in [0.1, 0.15) is 30.3 Å². The van der Waals surface area contributed by atoms with Crippen molar-refractivity contribution >= 4 is 40.4 Å². The molecular weight excluding hydrogens is 280 g/mol. The first-order valence-electron chi connectivity index (χ1n) is 5.76. The minimum Gasteiger partial charge on any atom is -0.375 e. The number of hydrazone groups is 1. The highest BCUT2D eigenvalue weighted by molar-refractivity contribution is 7.80. The van der Waals surface area contributed by atoms with Crippen LogP contribution in [0.25, 0.3) is 0 Å². The Balaban J connectivity index is 2.76. The molecule has 8 heteroatoms. The summed E-state index contributed by atoms with van der Waals surface area (Å²) in [5.41, 5.74) is 17.4. The molecule has 5 N–H and O–H groups in total. The van der Waals surface area contributed by atoms with Gasteiger partial charge in [-0.25, -0.2) is 4.68 Å². The molecule has 0 radical (unpaired) electrons. The predicted molar refractivity (Wildman–Crippen MR) is 85.2 cm³/mol. The van der Waals surface area contributed by atoms with Crippen LogP contribution in [-0.4, -0.2) is 25.7 Å². The second kappa shape index (κ2) is 6.58. The Morgan fingerprint density at radius 2 is 2.00 bits per heavy atom. The fourth-order valence-corrected chi connectivity index (χ4v) is 1.99. The molecule has 0 bridgehead atoms. The number of thiocarbonyl (C=S) groups is 2. The van der Waals surface area contributed by atoms with Gasteiger partial charge in [0.05, 0.1) is 5.69 Å². The van der Waals surface area contributed by atoms with Gasteiger partial charge in [-0.1, -0.05) is 0 Å². The molecule has 0 unspecified atom stereocenters. The third-order valence-corrected chi connectivity index (χ3v) is 3.01. The molecule has 0 amide bonds. The third-order valence-electron chi connectivity index (χ3n) is 2.74. The molecule has 0 fully saturated rings. The van der Waals surface area contributed by atoms with Crippen molar-refractivity contribution in [3.63, 3.8) is 0 Å². The molecule has 1 rings (SSSR count). The van der Waals surface area contributed by atoms with Gasteiger partial charge >= 0.3 is 0 Å². The van der Waals surface area contributed by atoms with Gasteiger partial charge in [0, 0.05) is 11.4 Å². The van der Waals surface area contributed by atoms with E-state index in [2.05, 4.69) is 27.8 Å². The van der Waals surface area contributed by atoms with Crippen LogP contribution >= 0.6 is 24.4 Å². The van der Waals surface area contributed by atoms with E-state index in [9.17, 15) is 0 Å². The highest BCUT2D eigenvalue weighted by atomic mass is 32.1. The molecule has 0 spiro atoms. The van der Waals surface area contributed by atoms with Gasteiger partial charge < -0.3 is 11.5 Å². The lowest BCUT2D eigenvalue weighted by Gasteiger charge is -2.04. The lowest BCUT2D eigenvalue weighted by atomic mass is 10.1. The number of aromatic nitrogens is 2. The minimum atomic E-state index is 0.160. The summed E-state index contributed by atoms with van der Waals surface area (Å²) in [5.74, 6) is 0. The molecule has 1 heterocycles. The summed E-state index contributed by atoms with van der Waals surface area (Å²) in [4.78, 5) is 0. The first-order valence-corrected chi connectivity index (χ1v) is 6.58. The minimum absolute atomic E-state index is 0.160. The molecule has 0 aliphatic heterocycles. The molecule has 104 valence electrons. The van der Waals surface area contributed by atoms with E-state index in [0.717, 1.165) is 35.5 Å². The molecule has 0 aliphatic carbocycles. The summed E-state index contributed by atoms with van der Waals surface area (Å²) in [6, 6.07) is 0. The SMILES string of the molecule is CC(CCc1c(C)nn(C(N)=S)c1C)=NNC(N)=S. The summed E-state index contributed by atoms with van der Waals surface area (Å²) >= 11 is 9.63. The van der Waals surface area contributed by atoms with Gasteiger partial charge in [0.25, 0.3) is 0 Å². The van der Waals surface area contributed by atoms with Crippen molar-refractivity contribution in [3.8, 4) is 0 Å². The maximum atomic E-state index is 5.60. The first kappa shape index (κ1) is 15.5. The van der Waals surface area contributed by atoms with Crippen LogP contribution in [0.5, 0.6) is 0 Å². The average Bonchev–Trinajstić information content (AvgIpc) is 2.60. The highest BCUT2D eigenvalue weighted by Gasteiger charge is 2.12. The molecule has 1 aromatic rings. The van der Waals surface area contributed by atoms with Crippen LogP contribution in [0.4, 0.5) is 0 Å². The predicted octanol–water partition coefficient (Wildman–Crippen LogP) is 0.733. The Bertz CT molecular complexity index is 532. The fraction of sp³-hybridized carbons (Fsp3) is 0.455. The Morgan fingerprint density at radius 1 is 1.37 bits per heavy atom. The Hall–Kier alpha value is -1.54. The molecule has 0 aromatic carbocycles. The van der Waals surface area contributed by atoms with E-state index < -0.39 is 0 Å². The van der Waals surface area contributed by atoms with Crippen molar-refractivity contribution in [3.05, 3.63) is 17.0 Å². The Kier molecular flexibility index (Phi) is 5.37. The number of nitrogens with two attached hydrogens (primary N) is 2. The van der Waals surface area contributed by atoms with Crippen LogP contribution in [0.3, 0.4) is 0 Å². The van der Waals surface area contributed by atoms with Gasteiger partial charge in [0.2, 0.25) is 0 Å². The number of aryl methyl sites for hydroxylation is 1. The summed E-state index contributed by atoms with van der Waals surface area (Å²) < 4.78 is 1.58. The quantitative estimate of drug-likeness (QED) is 0.431. The van der Waals surface area contributed by atoms with Crippen LogP contribution in [0.15, 0.2) is 5.10 Å². The van der Waals surface area contributed by atoms with E-state index >= 15 is 0 Å². The van der Waals surface area contributed by atoms with Gasteiger partial charge in [-0.3, -0.25) is 5.43 Å². The fourth-order valence-electron chi connectivity index (χ4n) is 1.76. The smallest absolute Gasteiger partial charge is 0.191 e. The van der Waals surface area contributed by atoms with Crippen LogP contribution in [0.2, 0.25) is 0 Å². The zero-order valence-electron chi connectivity index (χ0n) is 11.2. The van der Waals surface area contributed by atoms with Crippen molar-refractivity contribution in [1.82, 2.24) is 15.2 Å². The maximum Gasteiger partial charge on any atom is 0.191 e. The van der Waals surface area contributed by atoms with E-state index in [1.807, 2.05) is 20.8 Å². The van der Waals surface area contributed by atoms with Gasteiger partial charge in [-0.15, -0.1) is 0 Å². The maximum absolute atomic E-state index is 5.60. The van der Waals surface area contributed by atoms with Crippen LogP contribution < -0.4 is 16.9 Å². The van der Waals surface area contributed by atoms with Gasteiger partial charge in [0.15, 0.2) is 10.2 Å². The summed E-state index contributed by atoms with van der Waals surface area (Å²) in [6.07, 6.45) is 1.59. The molecule has 0 saturated carbocycles. The van der Waals surface area contributed by atoms with Gasteiger partial charge in [0.1, 0.15) is 0 Å². The lowest BCUT2D eigenvalue weighted by molar-refractivity contribution is 0.884. The Morgan fingerprint density at radius 3 is 2.47 bits per heavy atom. The van der Waals surface area contributed by atoms with Crippen LogP contribution in [0, 0.1) is 13.8 Å². The Labute approximate surface area is 123 Å². The zero-order chi connectivity index (χ0) is 14.6. The molecular formula is C11H18N6S2. The number of nitrogens with one attached hydrogen (secondary N) is 1. The van der Waals surface area contributed by atoms with Gasteiger partial charge in [-0.2, -0.15) is 10.2 Å². The van der Waals surface area contributed by atoms with Crippen molar-refractivity contribution in [2.24, 2.45) is 16.6 Å². The van der Waals surface area contributed by atoms with Crippen molar-refractivity contribution in [2.75, 3.05) is 0 Å². The van der Waals surface area contributed by atoms with Gasteiger partial charge in [-0.05, 0) is 63.6 Å². The summed E-state index contributed by atoms with van der Waals surface area (Å²) in [5, 5.41) is 8.80. The second-order valence-electron chi connectivity index (χ2n) is 4.22. The van der Waals surface area contributed by atoms with Crippen molar-refractivity contribution in [1.29, 1.82) is 0 Å². The van der Waals surface area contributed by atoms with E-state index in [-0.39, 0.29) is 10.2 Å². The topological polar surface area (TPSA) is 94.2 Å².